The first-order valence-corrected chi connectivity index (χ1v) is 9.82. The summed E-state index contributed by atoms with van der Waals surface area (Å²) in [5, 5.41) is 3.26. The number of hydrogen-bond acceptors (Lipinski definition) is 3. The van der Waals surface area contributed by atoms with Crippen molar-refractivity contribution in [2.45, 2.75) is 6.92 Å². The van der Waals surface area contributed by atoms with Crippen LogP contribution in [0.4, 0.5) is 0 Å². The molecule has 4 rings (SSSR count). The van der Waals surface area contributed by atoms with Gasteiger partial charge in [0.25, 0.3) is 0 Å². The summed E-state index contributed by atoms with van der Waals surface area (Å²) in [5.41, 5.74) is 3.63. The van der Waals surface area contributed by atoms with Crippen molar-refractivity contribution in [3.63, 3.8) is 0 Å². The van der Waals surface area contributed by atoms with E-state index in [9.17, 15) is 0 Å². The van der Waals surface area contributed by atoms with Crippen LogP contribution in [0.25, 0.3) is 26.3 Å². The third-order valence-electron chi connectivity index (χ3n) is 4.08. The van der Waals surface area contributed by atoms with Crippen molar-refractivity contribution in [2.24, 2.45) is 0 Å². The molecule has 0 aliphatic rings. The zero-order valence-electron chi connectivity index (χ0n) is 15.0. The average Bonchev–Trinajstić information content (AvgIpc) is 2.64. The van der Waals surface area contributed by atoms with Crippen LogP contribution < -0.4 is 10.6 Å². The van der Waals surface area contributed by atoms with E-state index < -0.39 is 0 Å². The van der Waals surface area contributed by atoms with Gasteiger partial charge in [-0.2, -0.15) is 0 Å². The molecule has 28 heavy (non-hydrogen) atoms. The number of aromatic nitrogens is 2. The van der Waals surface area contributed by atoms with Crippen LogP contribution in [0.2, 0.25) is 10.2 Å². The fraction of sp³-hybridized carbons (Fsp3) is 0.0476. The Morgan fingerprint density at radius 2 is 1.50 bits per heavy atom. The molecule has 0 saturated carbocycles. The number of nitrogens with zero attached hydrogens (tertiary/aromatic N) is 2. The SMILES string of the molecule is C=[C]([Fe][c]1c(C)cccc1Cl)c1ccc2ccc3ccc(Cl)nc3c2n1.Cl.N. The van der Waals surface area contributed by atoms with Gasteiger partial charge in [-0.3, -0.25) is 0 Å². The van der Waals surface area contributed by atoms with E-state index >= 15 is 0 Å². The normalized spacial score (nSPS) is 10.5. The van der Waals surface area contributed by atoms with E-state index in [1.165, 1.54) is 0 Å². The molecule has 0 amide bonds. The van der Waals surface area contributed by atoms with Gasteiger partial charge >= 0.3 is 168 Å². The van der Waals surface area contributed by atoms with Gasteiger partial charge < -0.3 is 6.15 Å². The molecular formula is C21H18Cl3FeN3. The number of hydrogen-bond donors (Lipinski definition) is 1. The Hall–Kier alpha value is -1.65. The van der Waals surface area contributed by atoms with E-state index in [1.807, 2.05) is 42.5 Å². The van der Waals surface area contributed by atoms with Gasteiger partial charge in [-0.1, -0.05) is 0 Å². The van der Waals surface area contributed by atoms with E-state index in [-0.39, 0.29) is 18.6 Å². The fourth-order valence-corrected chi connectivity index (χ4v) is 4.43. The van der Waals surface area contributed by atoms with Crippen molar-refractivity contribution < 1.29 is 15.0 Å². The minimum Gasteiger partial charge on any atom is -0.344 e. The fourth-order valence-electron chi connectivity index (χ4n) is 2.76. The van der Waals surface area contributed by atoms with Gasteiger partial charge in [-0.05, 0) is 0 Å². The molecule has 0 atom stereocenters. The molecule has 0 aliphatic heterocycles. The number of aryl methyl sites for hydroxylation is 1. The number of rotatable bonds is 3. The van der Waals surface area contributed by atoms with Crippen molar-refractivity contribution in [3.05, 3.63) is 82.6 Å². The second kappa shape index (κ2) is 9.23. The molecule has 2 heterocycles. The molecule has 7 heteroatoms. The van der Waals surface area contributed by atoms with E-state index in [0.717, 1.165) is 47.0 Å². The van der Waals surface area contributed by atoms with Crippen LogP contribution in [0.15, 0.2) is 61.2 Å². The first-order valence-electron chi connectivity index (χ1n) is 7.96. The van der Waals surface area contributed by atoms with Crippen molar-refractivity contribution in [1.29, 1.82) is 0 Å². The van der Waals surface area contributed by atoms with Gasteiger partial charge in [-0.25, -0.2) is 0 Å². The average molecular weight is 475 g/mol. The summed E-state index contributed by atoms with van der Waals surface area (Å²) in [7, 11) is 0. The topological polar surface area (TPSA) is 60.8 Å². The van der Waals surface area contributed by atoms with Crippen molar-refractivity contribution in [2.75, 3.05) is 0 Å². The summed E-state index contributed by atoms with van der Waals surface area (Å²) in [6.07, 6.45) is 0. The predicted molar refractivity (Wildman–Crippen MR) is 119 cm³/mol. The summed E-state index contributed by atoms with van der Waals surface area (Å²) in [6.45, 7) is 6.30. The Kier molecular flexibility index (Phi) is 7.46. The molecule has 0 spiro atoms. The molecule has 0 saturated heterocycles. The maximum Gasteiger partial charge on any atom is -0.147 e. The van der Waals surface area contributed by atoms with Gasteiger partial charge in [0.15, 0.2) is 0 Å². The molecule has 0 bridgehead atoms. The van der Waals surface area contributed by atoms with Crippen molar-refractivity contribution in [1.82, 2.24) is 16.1 Å². The Morgan fingerprint density at radius 1 is 0.893 bits per heavy atom. The zero-order valence-corrected chi connectivity index (χ0v) is 18.5. The Balaban J connectivity index is 0.00000140. The van der Waals surface area contributed by atoms with Crippen molar-refractivity contribution >= 4 is 66.3 Å². The predicted octanol–water partition coefficient (Wildman–Crippen LogP) is 6.36. The van der Waals surface area contributed by atoms with Crippen LogP contribution in [0.3, 0.4) is 0 Å². The molecule has 0 fully saturated rings. The number of pyridine rings is 2. The van der Waals surface area contributed by atoms with Crippen LogP contribution in [0.5, 0.6) is 0 Å². The van der Waals surface area contributed by atoms with Crippen LogP contribution in [0, 0.1) is 6.92 Å². The first-order chi connectivity index (χ1) is 12.5. The maximum atomic E-state index is 6.37. The first kappa shape index (κ1) is 22.6. The van der Waals surface area contributed by atoms with Crippen LogP contribution >= 0.6 is 35.6 Å². The molecule has 0 radical (unpaired) electrons. The van der Waals surface area contributed by atoms with E-state index in [1.54, 1.807) is 6.07 Å². The smallest absolute Gasteiger partial charge is 0.147 e. The van der Waals surface area contributed by atoms with Gasteiger partial charge in [0, 0.05) is 0 Å². The Bertz CT molecular complexity index is 1160. The summed E-state index contributed by atoms with van der Waals surface area (Å²) in [4.78, 5) is 9.30. The number of benzene rings is 2. The molecule has 146 valence electrons. The monoisotopic (exact) mass is 473 g/mol. The minimum absolute atomic E-state index is 0. The Morgan fingerprint density at radius 3 is 2.18 bits per heavy atom. The molecule has 4 aromatic rings. The van der Waals surface area contributed by atoms with E-state index in [4.69, 9.17) is 28.2 Å². The van der Waals surface area contributed by atoms with Crippen LogP contribution in [-0.4, -0.2) is 9.97 Å². The summed E-state index contributed by atoms with van der Waals surface area (Å²) >= 11 is 13.1. The third-order valence-corrected chi connectivity index (χ3v) is 6.38. The van der Waals surface area contributed by atoms with Gasteiger partial charge in [0.05, 0.1) is 0 Å². The number of halogens is 3. The van der Waals surface area contributed by atoms with Crippen molar-refractivity contribution in [3.8, 4) is 0 Å². The summed E-state index contributed by atoms with van der Waals surface area (Å²) in [5.74, 6) is 0. The molecule has 0 unspecified atom stereocenters. The summed E-state index contributed by atoms with van der Waals surface area (Å²) < 4.78 is 2.00. The maximum absolute atomic E-state index is 6.37. The third kappa shape index (κ3) is 4.33. The van der Waals surface area contributed by atoms with Crippen LogP contribution in [0.1, 0.15) is 11.3 Å². The molecule has 3 nitrogen and oxygen atoms in total. The molecular weight excluding hydrogens is 456 g/mol. The quantitative estimate of drug-likeness (QED) is 0.213. The zero-order chi connectivity index (χ0) is 18.3. The van der Waals surface area contributed by atoms with Gasteiger partial charge in [0.2, 0.25) is 0 Å². The largest absolute Gasteiger partial charge is 0.344 e. The summed E-state index contributed by atoms with van der Waals surface area (Å²) in [6, 6.07) is 17.8. The van der Waals surface area contributed by atoms with Gasteiger partial charge in [0.1, 0.15) is 0 Å². The van der Waals surface area contributed by atoms with Crippen LogP contribution in [-0.2, 0) is 15.0 Å². The second-order valence-corrected chi connectivity index (χ2v) is 8.17. The minimum atomic E-state index is 0. The van der Waals surface area contributed by atoms with E-state index in [2.05, 4.69) is 24.6 Å². The number of fused-ring (bicyclic) bond motifs is 3. The van der Waals surface area contributed by atoms with Gasteiger partial charge in [-0.15, -0.1) is 12.4 Å². The molecule has 3 N–H and O–H groups in total. The van der Waals surface area contributed by atoms with E-state index in [0.29, 0.717) is 20.1 Å². The second-order valence-electron chi connectivity index (χ2n) is 5.88. The standard InChI is InChI=1S/C14H8ClN2.C7H6Cl.ClH.Fe.H3N/c1-2-11-7-5-9-3-4-10-6-8-12(15)17-14(10)13(9)16-11;1-6-3-2-4-7(8)5-6;;;/h3-8H,1H2;2-4H,1H3;1H;;1H3. The Labute approximate surface area is 186 Å². The molecule has 2 aromatic heterocycles. The molecule has 2 aromatic carbocycles. The molecule has 0 aliphatic carbocycles.